The predicted octanol–water partition coefficient (Wildman–Crippen LogP) is 1.02. The number of benzene rings is 1. The minimum atomic E-state index is -0.490. The first-order valence-corrected chi connectivity index (χ1v) is 10.2. The molecule has 1 aliphatic rings. The summed E-state index contributed by atoms with van der Waals surface area (Å²) >= 11 is 0. The lowest BCUT2D eigenvalue weighted by Crippen LogP contribution is -2.25. The molecule has 10 heteroatoms. The van der Waals surface area contributed by atoms with Crippen LogP contribution in [0.2, 0.25) is 0 Å². The zero-order chi connectivity index (χ0) is 21.4. The van der Waals surface area contributed by atoms with E-state index < -0.39 is 5.69 Å². The van der Waals surface area contributed by atoms with Gasteiger partial charge >= 0.3 is 5.69 Å². The van der Waals surface area contributed by atoms with Gasteiger partial charge in [0.2, 0.25) is 11.8 Å². The molecule has 3 aromatic heterocycles. The van der Waals surface area contributed by atoms with Crippen molar-refractivity contribution in [2.75, 3.05) is 5.32 Å². The maximum absolute atomic E-state index is 11.5. The van der Waals surface area contributed by atoms with Gasteiger partial charge in [0.05, 0.1) is 18.3 Å². The van der Waals surface area contributed by atoms with E-state index in [-0.39, 0.29) is 23.7 Å². The molecule has 3 heterocycles. The summed E-state index contributed by atoms with van der Waals surface area (Å²) in [5.41, 5.74) is 1.91. The Labute approximate surface area is 176 Å². The van der Waals surface area contributed by atoms with Gasteiger partial charge in [0.25, 0.3) is 5.62 Å². The topological polar surface area (TPSA) is 136 Å². The SMILES string of the molecule is CCC(Nc1nc(=NC2CC2)n2nc/c(=C\c3[nH]c(=O)[nH]c3O)c2n1)c1ccccc1. The third kappa shape index (κ3) is 3.91. The van der Waals surface area contributed by atoms with E-state index in [9.17, 15) is 9.90 Å². The van der Waals surface area contributed by atoms with Gasteiger partial charge in [0.15, 0.2) is 5.65 Å². The third-order valence-corrected chi connectivity index (χ3v) is 5.17. The van der Waals surface area contributed by atoms with E-state index in [0.29, 0.717) is 22.4 Å². The van der Waals surface area contributed by atoms with Crippen molar-refractivity contribution in [2.45, 2.75) is 38.3 Å². The van der Waals surface area contributed by atoms with Gasteiger partial charge in [-0.15, -0.1) is 0 Å². The van der Waals surface area contributed by atoms with Gasteiger partial charge in [-0.2, -0.15) is 19.6 Å². The number of H-pyrrole nitrogens is 2. The highest BCUT2D eigenvalue weighted by molar-refractivity contribution is 5.57. The molecule has 1 saturated carbocycles. The molecule has 31 heavy (non-hydrogen) atoms. The molecule has 4 N–H and O–H groups in total. The molecule has 0 spiro atoms. The largest absolute Gasteiger partial charge is 0.493 e. The van der Waals surface area contributed by atoms with Crippen LogP contribution < -0.4 is 21.8 Å². The number of aromatic amines is 2. The van der Waals surface area contributed by atoms with E-state index in [2.05, 4.69) is 54.4 Å². The van der Waals surface area contributed by atoms with Gasteiger partial charge in [0, 0.05) is 5.22 Å². The second-order valence-corrected chi connectivity index (χ2v) is 7.54. The Balaban J connectivity index is 1.64. The van der Waals surface area contributed by atoms with Crippen LogP contribution in [-0.4, -0.2) is 40.7 Å². The Morgan fingerprint density at radius 2 is 2.10 bits per heavy atom. The lowest BCUT2D eigenvalue weighted by atomic mass is 10.1. The molecule has 158 valence electrons. The Kier molecular flexibility index (Phi) is 4.73. The summed E-state index contributed by atoms with van der Waals surface area (Å²) in [5.74, 6) is 0.208. The molecule has 0 bridgehead atoms. The number of aromatic nitrogens is 6. The average Bonchev–Trinajstić information content (AvgIpc) is 3.41. The number of hydrogen-bond acceptors (Lipinski definition) is 7. The second kappa shape index (κ2) is 7.71. The van der Waals surface area contributed by atoms with E-state index in [1.54, 1.807) is 16.8 Å². The van der Waals surface area contributed by atoms with E-state index in [1.165, 1.54) is 0 Å². The van der Waals surface area contributed by atoms with Crippen molar-refractivity contribution in [1.29, 1.82) is 0 Å². The number of nitrogens with one attached hydrogen (secondary N) is 3. The van der Waals surface area contributed by atoms with Crippen LogP contribution in [-0.2, 0) is 0 Å². The maximum Gasteiger partial charge on any atom is 0.326 e. The lowest BCUT2D eigenvalue weighted by Gasteiger charge is -2.17. The molecule has 5 rings (SSSR count). The number of rotatable bonds is 6. The molecule has 10 nitrogen and oxygen atoms in total. The molecule has 1 atom stereocenters. The Morgan fingerprint density at radius 3 is 2.77 bits per heavy atom. The Morgan fingerprint density at radius 1 is 1.29 bits per heavy atom. The highest BCUT2D eigenvalue weighted by Crippen LogP contribution is 2.23. The van der Waals surface area contributed by atoms with Crippen LogP contribution in [0, 0.1) is 0 Å². The number of hydrogen-bond donors (Lipinski definition) is 4. The fourth-order valence-corrected chi connectivity index (χ4v) is 3.41. The molecule has 1 aliphatic carbocycles. The summed E-state index contributed by atoms with van der Waals surface area (Å²) in [5, 5.41) is 18.3. The maximum atomic E-state index is 11.5. The number of anilines is 1. The number of imidazole rings is 1. The van der Waals surface area contributed by atoms with Crippen LogP contribution in [0.5, 0.6) is 5.88 Å². The van der Waals surface area contributed by atoms with Crippen LogP contribution in [0.4, 0.5) is 5.95 Å². The molecule has 0 saturated heterocycles. The van der Waals surface area contributed by atoms with Crippen LogP contribution in [0.1, 0.15) is 43.5 Å². The average molecular weight is 418 g/mol. The van der Waals surface area contributed by atoms with E-state index in [4.69, 9.17) is 0 Å². The molecule has 0 radical (unpaired) electrons. The van der Waals surface area contributed by atoms with E-state index in [1.807, 2.05) is 18.2 Å². The van der Waals surface area contributed by atoms with Crippen molar-refractivity contribution in [3.8, 4) is 5.88 Å². The smallest absolute Gasteiger partial charge is 0.326 e. The van der Waals surface area contributed by atoms with Crippen molar-refractivity contribution in [3.05, 3.63) is 69.1 Å². The quantitative estimate of drug-likeness (QED) is 0.369. The first-order chi connectivity index (χ1) is 15.1. The van der Waals surface area contributed by atoms with Crippen molar-refractivity contribution in [2.24, 2.45) is 4.99 Å². The molecule has 0 aliphatic heterocycles. The molecule has 1 fully saturated rings. The van der Waals surface area contributed by atoms with Crippen molar-refractivity contribution < 1.29 is 5.11 Å². The standard InChI is InChI=1S/C21H22N8O2/c1-2-15(12-6-4-3-5-7-12)24-19-26-17-13(10-16-18(30)27-21(31)25-16)11-22-29(17)20(28-19)23-14-8-9-14/h3-7,10-11,14-15,30H,2,8-9H2,1H3,(H,23,24,28)(H2,25,27,31)/b13-10+. The first kappa shape index (κ1) is 19.0. The Hall–Kier alpha value is -3.95. The van der Waals surface area contributed by atoms with Crippen LogP contribution in [0.15, 0.2) is 46.3 Å². The highest BCUT2D eigenvalue weighted by atomic mass is 16.3. The molecule has 4 aromatic rings. The van der Waals surface area contributed by atoms with Crippen molar-refractivity contribution >= 4 is 17.7 Å². The van der Waals surface area contributed by atoms with Crippen LogP contribution in [0.3, 0.4) is 0 Å². The van der Waals surface area contributed by atoms with Gasteiger partial charge in [-0.3, -0.25) is 4.98 Å². The minimum absolute atomic E-state index is 0.0397. The number of fused-ring (bicyclic) bond motifs is 1. The zero-order valence-corrected chi connectivity index (χ0v) is 16.9. The summed E-state index contributed by atoms with van der Waals surface area (Å²) in [7, 11) is 0. The third-order valence-electron chi connectivity index (χ3n) is 5.17. The van der Waals surface area contributed by atoms with Crippen LogP contribution >= 0.6 is 0 Å². The second-order valence-electron chi connectivity index (χ2n) is 7.54. The fourth-order valence-electron chi connectivity index (χ4n) is 3.41. The molecule has 0 amide bonds. The summed E-state index contributed by atoms with van der Waals surface area (Å²) in [6.45, 7) is 2.10. The summed E-state index contributed by atoms with van der Waals surface area (Å²) in [4.78, 5) is 30.3. The molecule has 1 aromatic carbocycles. The number of nitrogens with zero attached hydrogens (tertiary/aromatic N) is 5. The zero-order valence-electron chi connectivity index (χ0n) is 16.9. The van der Waals surface area contributed by atoms with E-state index in [0.717, 1.165) is 24.8 Å². The Bertz CT molecular complexity index is 1400. The van der Waals surface area contributed by atoms with Gasteiger partial charge in [-0.05, 0) is 30.9 Å². The summed E-state index contributed by atoms with van der Waals surface area (Å²) in [6.07, 6.45) is 6.15. The first-order valence-electron chi connectivity index (χ1n) is 10.2. The summed E-state index contributed by atoms with van der Waals surface area (Å²) in [6, 6.07) is 10.4. The lowest BCUT2D eigenvalue weighted by molar-refractivity contribution is 0.454. The van der Waals surface area contributed by atoms with Crippen molar-refractivity contribution in [3.63, 3.8) is 0 Å². The minimum Gasteiger partial charge on any atom is -0.493 e. The normalized spacial score (nSPS) is 16.2. The molecular formula is C21H22N8O2. The van der Waals surface area contributed by atoms with Gasteiger partial charge in [-0.1, -0.05) is 37.3 Å². The fraction of sp³-hybridized carbons (Fsp3) is 0.286. The van der Waals surface area contributed by atoms with Gasteiger partial charge < -0.3 is 15.4 Å². The molecular weight excluding hydrogens is 396 g/mol. The van der Waals surface area contributed by atoms with Crippen LogP contribution in [0.25, 0.3) is 11.7 Å². The predicted molar refractivity (Wildman–Crippen MR) is 114 cm³/mol. The highest BCUT2D eigenvalue weighted by Gasteiger charge is 2.21. The molecule has 1 unspecified atom stereocenters. The van der Waals surface area contributed by atoms with Gasteiger partial charge in [0.1, 0.15) is 5.69 Å². The van der Waals surface area contributed by atoms with Gasteiger partial charge in [-0.25, -0.2) is 9.79 Å². The summed E-state index contributed by atoms with van der Waals surface area (Å²) < 4.78 is 1.58. The van der Waals surface area contributed by atoms with E-state index >= 15 is 0 Å². The number of aromatic hydroxyl groups is 1. The monoisotopic (exact) mass is 418 g/mol. The van der Waals surface area contributed by atoms with Crippen molar-refractivity contribution in [1.82, 2.24) is 29.5 Å².